The third-order valence-corrected chi connectivity index (χ3v) is 3.69. The number of nitrogens with two attached hydrogens (primary N) is 1. The Morgan fingerprint density at radius 3 is 2.60 bits per heavy atom. The molecule has 0 aliphatic carbocycles. The molecule has 0 radical (unpaired) electrons. The lowest BCUT2D eigenvalue weighted by Gasteiger charge is -2.21. The van der Waals surface area contributed by atoms with Crippen molar-refractivity contribution in [1.82, 2.24) is 9.97 Å². The number of anilines is 2. The van der Waals surface area contributed by atoms with Crippen LogP contribution in [0.1, 0.15) is 26.7 Å². The summed E-state index contributed by atoms with van der Waals surface area (Å²) in [5.41, 5.74) is 6.52. The molecule has 1 aromatic heterocycles. The van der Waals surface area contributed by atoms with Crippen LogP contribution in [-0.2, 0) is 0 Å². The van der Waals surface area contributed by atoms with Gasteiger partial charge in [-0.1, -0.05) is 38.8 Å². The van der Waals surface area contributed by atoms with Crippen LogP contribution in [0, 0.1) is 5.92 Å². The van der Waals surface area contributed by atoms with Gasteiger partial charge in [0.1, 0.15) is 5.82 Å². The number of aliphatic hydroxyl groups excluding tert-OH is 1. The fourth-order valence-electron chi connectivity index (χ4n) is 2.43. The molecular formula is C15H22N4O. The van der Waals surface area contributed by atoms with Crippen molar-refractivity contribution in [2.75, 3.05) is 17.6 Å². The Morgan fingerprint density at radius 2 is 1.90 bits per heavy atom. The predicted molar refractivity (Wildman–Crippen MR) is 82.5 cm³/mol. The van der Waals surface area contributed by atoms with Crippen LogP contribution in [0.25, 0.3) is 10.9 Å². The minimum atomic E-state index is -0.389. The molecule has 1 aromatic carbocycles. The summed E-state index contributed by atoms with van der Waals surface area (Å²) in [4.78, 5) is 8.42. The number of hydrogen-bond acceptors (Lipinski definition) is 5. The number of rotatable bonds is 6. The van der Waals surface area contributed by atoms with Crippen molar-refractivity contribution in [3.05, 3.63) is 24.3 Å². The van der Waals surface area contributed by atoms with Gasteiger partial charge in [-0.3, -0.25) is 0 Å². The Labute approximate surface area is 119 Å². The molecule has 2 aromatic rings. The number of fused-ring (bicyclic) bond motifs is 1. The number of nitrogen functional groups attached to an aromatic ring is 1. The highest BCUT2D eigenvalue weighted by molar-refractivity contribution is 5.89. The average Bonchev–Trinajstić information content (AvgIpc) is 2.45. The normalized spacial score (nSPS) is 12.8. The first-order chi connectivity index (χ1) is 9.65. The summed E-state index contributed by atoms with van der Waals surface area (Å²) in [6, 6.07) is 7.69. The first-order valence-corrected chi connectivity index (χ1v) is 7.09. The van der Waals surface area contributed by atoms with Crippen molar-refractivity contribution in [3.8, 4) is 0 Å². The Hall–Kier alpha value is -1.88. The van der Waals surface area contributed by atoms with Gasteiger partial charge in [0.15, 0.2) is 0 Å². The average molecular weight is 274 g/mol. The molecule has 1 heterocycles. The van der Waals surface area contributed by atoms with Gasteiger partial charge in [0.05, 0.1) is 11.6 Å². The van der Waals surface area contributed by atoms with E-state index in [2.05, 4.69) is 29.1 Å². The van der Waals surface area contributed by atoms with Crippen molar-refractivity contribution in [3.63, 3.8) is 0 Å². The molecule has 0 fully saturated rings. The smallest absolute Gasteiger partial charge is 0.222 e. The third-order valence-electron chi connectivity index (χ3n) is 3.69. The fourth-order valence-corrected chi connectivity index (χ4v) is 2.43. The second-order valence-corrected chi connectivity index (χ2v) is 4.97. The molecule has 0 saturated heterocycles. The van der Waals surface area contributed by atoms with Gasteiger partial charge < -0.3 is 16.2 Å². The molecule has 0 spiro atoms. The van der Waals surface area contributed by atoms with E-state index in [-0.39, 0.29) is 12.1 Å². The number of nitrogens with zero attached hydrogens (tertiary/aromatic N) is 2. The molecule has 0 bridgehead atoms. The lowest BCUT2D eigenvalue weighted by molar-refractivity contribution is 0.114. The van der Waals surface area contributed by atoms with Crippen LogP contribution in [0.2, 0.25) is 0 Å². The zero-order valence-corrected chi connectivity index (χ0v) is 12.0. The molecular weight excluding hydrogens is 252 g/mol. The second-order valence-electron chi connectivity index (χ2n) is 4.97. The first kappa shape index (κ1) is 14.5. The van der Waals surface area contributed by atoms with Crippen molar-refractivity contribution in [2.24, 2.45) is 5.92 Å². The van der Waals surface area contributed by atoms with Crippen molar-refractivity contribution >= 4 is 22.7 Å². The van der Waals surface area contributed by atoms with Gasteiger partial charge >= 0.3 is 0 Å². The van der Waals surface area contributed by atoms with Crippen LogP contribution in [0.15, 0.2) is 24.3 Å². The molecule has 5 heteroatoms. The third kappa shape index (κ3) is 3.17. The van der Waals surface area contributed by atoms with Crippen molar-refractivity contribution in [2.45, 2.75) is 32.8 Å². The van der Waals surface area contributed by atoms with Crippen molar-refractivity contribution < 1.29 is 5.11 Å². The van der Waals surface area contributed by atoms with Gasteiger partial charge in [-0.2, -0.15) is 4.98 Å². The van der Waals surface area contributed by atoms with Gasteiger partial charge in [-0.15, -0.1) is 0 Å². The predicted octanol–water partition coefficient (Wildman–Crippen LogP) is 2.42. The number of hydrogen-bond donors (Lipinski definition) is 3. The van der Waals surface area contributed by atoms with E-state index in [1.807, 2.05) is 24.3 Å². The van der Waals surface area contributed by atoms with Crippen molar-refractivity contribution in [1.29, 1.82) is 0 Å². The largest absolute Gasteiger partial charge is 0.391 e. The Bertz CT molecular complexity index is 569. The molecule has 4 N–H and O–H groups in total. The van der Waals surface area contributed by atoms with Crippen LogP contribution in [0.3, 0.4) is 0 Å². The standard InChI is InChI=1S/C15H22N4O/c1-3-10(4-2)13(20)9-17-14-11-7-5-6-8-12(11)18-15(16)19-14/h5-8,10,13,20H,3-4,9H2,1-2H3,(H3,16,17,18,19). The topological polar surface area (TPSA) is 84.1 Å². The summed E-state index contributed by atoms with van der Waals surface area (Å²) in [6.07, 6.45) is 1.54. The first-order valence-electron chi connectivity index (χ1n) is 7.09. The molecule has 1 atom stereocenters. The van der Waals surface area contributed by atoms with Crippen LogP contribution in [0.5, 0.6) is 0 Å². The molecule has 1 unspecified atom stereocenters. The molecule has 2 rings (SSSR count). The Kier molecular flexibility index (Phi) is 4.74. The van der Waals surface area contributed by atoms with E-state index < -0.39 is 0 Å². The Morgan fingerprint density at radius 1 is 1.20 bits per heavy atom. The lowest BCUT2D eigenvalue weighted by atomic mass is 9.96. The van der Waals surface area contributed by atoms with Gasteiger partial charge in [-0.25, -0.2) is 4.98 Å². The fraction of sp³-hybridized carbons (Fsp3) is 0.467. The summed E-state index contributed by atoms with van der Waals surface area (Å²) >= 11 is 0. The van der Waals surface area contributed by atoms with E-state index in [1.165, 1.54) is 0 Å². The molecule has 20 heavy (non-hydrogen) atoms. The van der Waals surface area contributed by atoms with Gasteiger partial charge in [0.25, 0.3) is 0 Å². The molecule has 108 valence electrons. The minimum absolute atomic E-state index is 0.239. The number of para-hydroxylation sites is 1. The monoisotopic (exact) mass is 274 g/mol. The molecule has 5 nitrogen and oxygen atoms in total. The van der Waals surface area contributed by atoms with Crippen LogP contribution >= 0.6 is 0 Å². The van der Waals surface area contributed by atoms with Crippen LogP contribution in [0.4, 0.5) is 11.8 Å². The number of nitrogens with one attached hydrogen (secondary N) is 1. The van der Waals surface area contributed by atoms with E-state index in [1.54, 1.807) is 0 Å². The van der Waals surface area contributed by atoms with E-state index in [0.717, 1.165) is 23.7 Å². The summed E-state index contributed by atoms with van der Waals surface area (Å²) in [6.45, 7) is 4.65. The van der Waals surface area contributed by atoms with E-state index in [0.29, 0.717) is 18.3 Å². The van der Waals surface area contributed by atoms with Crippen LogP contribution < -0.4 is 11.1 Å². The van der Waals surface area contributed by atoms with Gasteiger partial charge in [-0.05, 0) is 18.1 Å². The zero-order chi connectivity index (χ0) is 14.5. The highest BCUT2D eigenvalue weighted by Crippen LogP contribution is 2.21. The molecule has 0 aliphatic rings. The summed E-state index contributed by atoms with van der Waals surface area (Å²) < 4.78 is 0. The number of benzene rings is 1. The summed E-state index contributed by atoms with van der Waals surface area (Å²) in [5, 5.41) is 14.3. The van der Waals surface area contributed by atoms with Crippen LogP contribution in [-0.4, -0.2) is 27.7 Å². The SMILES string of the molecule is CCC(CC)C(O)CNc1nc(N)nc2ccccc12. The van der Waals surface area contributed by atoms with E-state index in [4.69, 9.17) is 5.73 Å². The molecule has 0 aliphatic heterocycles. The quantitative estimate of drug-likeness (QED) is 0.753. The summed E-state index contributed by atoms with van der Waals surface area (Å²) in [7, 11) is 0. The molecule has 0 amide bonds. The Balaban J connectivity index is 2.17. The summed E-state index contributed by atoms with van der Waals surface area (Å²) in [5.74, 6) is 1.22. The second kappa shape index (κ2) is 6.52. The highest BCUT2D eigenvalue weighted by Gasteiger charge is 2.16. The lowest BCUT2D eigenvalue weighted by Crippen LogP contribution is -2.28. The minimum Gasteiger partial charge on any atom is -0.391 e. The van der Waals surface area contributed by atoms with E-state index in [9.17, 15) is 5.11 Å². The molecule has 0 saturated carbocycles. The number of aliphatic hydroxyl groups is 1. The maximum Gasteiger partial charge on any atom is 0.222 e. The maximum atomic E-state index is 10.2. The highest BCUT2D eigenvalue weighted by atomic mass is 16.3. The van der Waals surface area contributed by atoms with E-state index >= 15 is 0 Å². The zero-order valence-electron chi connectivity index (χ0n) is 12.0. The number of aromatic nitrogens is 2. The maximum absolute atomic E-state index is 10.2. The van der Waals surface area contributed by atoms with Gasteiger partial charge in [0, 0.05) is 11.9 Å². The van der Waals surface area contributed by atoms with Gasteiger partial charge in [0.2, 0.25) is 5.95 Å².